The zero-order valence-corrected chi connectivity index (χ0v) is 21.8. The first-order valence-electron chi connectivity index (χ1n) is 12.0. The molecule has 6 rings (SSSR count). The van der Waals surface area contributed by atoms with Crippen LogP contribution in [-0.4, -0.2) is 50.4 Å². The molecular weight excluding hydrogens is 521 g/mol. The van der Waals surface area contributed by atoms with E-state index in [2.05, 4.69) is 9.71 Å². The molecule has 1 amide bonds. The van der Waals surface area contributed by atoms with Gasteiger partial charge in [-0.3, -0.25) is 4.79 Å². The fourth-order valence-corrected chi connectivity index (χ4v) is 9.06. The Hall–Kier alpha value is -2.80. The largest absolute Gasteiger partial charge is 0.511 e. The van der Waals surface area contributed by atoms with Crippen molar-refractivity contribution in [2.45, 2.75) is 43.0 Å². The number of carbonyl (C=O) groups excluding carboxylic acids is 1. The van der Waals surface area contributed by atoms with Crippen molar-refractivity contribution >= 4 is 38.1 Å². The summed E-state index contributed by atoms with van der Waals surface area (Å²) in [5.74, 6) is -1.02. The molecule has 0 unspecified atom stereocenters. The topological polar surface area (TPSA) is 118 Å². The smallest absolute Gasteiger partial charge is 0.287 e. The van der Waals surface area contributed by atoms with Crippen LogP contribution in [0.1, 0.15) is 36.7 Å². The number of ether oxygens (including phenoxy) is 2. The molecule has 9 nitrogen and oxygen atoms in total. The van der Waals surface area contributed by atoms with Gasteiger partial charge in [-0.15, -0.1) is 15.7 Å². The maximum absolute atomic E-state index is 13.9. The SMILES string of the molecule is COC(OC)c1csc2c1S(=O)(=O)N=C(C1=C(O)[C@@H]3[C@H]4CC[C@H](C4)[C@@H]3N(Cc3ccc(F)cc3)C1=O)N2. The van der Waals surface area contributed by atoms with E-state index in [4.69, 9.17) is 9.47 Å². The third-order valence-electron chi connectivity index (χ3n) is 7.94. The van der Waals surface area contributed by atoms with Gasteiger partial charge in [0, 0.05) is 43.7 Å². The zero-order chi connectivity index (χ0) is 26.1. The lowest BCUT2D eigenvalue weighted by molar-refractivity contribution is -0.134. The maximum atomic E-state index is 13.9. The molecule has 2 fully saturated rings. The van der Waals surface area contributed by atoms with Crippen molar-refractivity contribution in [3.05, 3.63) is 57.9 Å². The number of fused-ring (bicyclic) bond motifs is 6. The molecule has 2 N–H and O–H groups in total. The summed E-state index contributed by atoms with van der Waals surface area (Å²) >= 11 is 1.12. The highest BCUT2D eigenvalue weighted by molar-refractivity contribution is 7.90. The number of aliphatic hydroxyl groups excluding tert-OH is 1. The number of methoxy groups -OCH3 is 2. The number of hydrogen-bond acceptors (Lipinski definition) is 8. The fraction of sp³-hybridized carbons (Fsp3) is 0.440. The maximum Gasteiger partial charge on any atom is 0.287 e. The van der Waals surface area contributed by atoms with Gasteiger partial charge < -0.3 is 24.8 Å². The second-order valence-electron chi connectivity index (χ2n) is 9.86. The quantitative estimate of drug-likeness (QED) is 0.526. The second kappa shape index (κ2) is 8.90. The molecule has 1 aromatic heterocycles. The van der Waals surface area contributed by atoms with Crippen LogP contribution < -0.4 is 5.32 Å². The number of amidine groups is 1. The average Bonchev–Trinajstić information content (AvgIpc) is 3.59. The minimum absolute atomic E-state index is 0.0701. The monoisotopic (exact) mass is 547 g/mol. The fourth-order valence-electron chi connectivity index (χ4n) is 6.47. The van der Waals surface area contributed by atoms with Gasteiger partial charge in [0.15, 0.2) is 12.1 Å². The molecule has 1 aromatic carbocycles. The highest BCUT2D eigenvalue weighted by Crippen LogP contribution is 2.55. The lowest BCUT2D eigenvalue weighted by atomic mass is 9.77. The number of halogens is 1. The second-order valence-corrected chi connectivity index (χ2v) is 12.3. The van der Waals surface area contributed by atoms with Gasteiger partial charge in [0.1, 0.15) is 27.0 Å². The van der Waals surface area contributed by atoms with Gasteiger partial charge >= 0.3 is 0 Å². The van der Waals surface area contributed by atoms with Crippen molar-refractivity contribution in [1.82, 2.24) is 4.90 Å². The van der Waals surface area contributed by atoms with E-state index in [0.29, 0.717) is 5.56 Å². The van der Waals surface area contributed by atoms with Crippen molar-refractivity contribution in [3.63, 3.8) is 0 Å². The van der Waals surface area contributed by atoms with Crippen LogP contribution in [0.4, 0.5) is 9.39 Å². The molecule has 4 aliphatic rings. The van der Waals surface area contributed by atoms with Gasteiger partial charge in [0.2, 0.25) is 0 Å². The van der Waals surface area contributed by atoms with Crippen molar-refractivity contribution in [3.8, 4) is 0 Å². The van der Waals surface area contributed by atoms with E-state index in [1.807, 2.05) is 0 Å². The minimum atomic E-state index is -4.24. The molecule has 0 saturated heterocycles. The van der Waals surface area contributed by atoms with Crippen LogP contribution in [0.5, 0.6) is 0 Å². The molecule has 2 bridgehead atoms. The number of carbonyl (C=O) groups is 1. The van der Waals surface area contributed by atoms with E-state index in [1.54, 1.807) is 22.4 Å². The number of nitrogens with one attached hydrogen (secondary N) is 1. The molecule has 4 atom stereocenters. The van der Waals surface area contributed by atoms with E-state index in [-0.39, 0.29) is 63.2 Å². The van der Waals surface area contributed by atoms with Gasteiger partial charge in [0.25, 0.3) is 15.9 Å². The van der Waals surface area contributed by atoms with Crippen LogP contribution >= 0.6 is 11.3 Å². The van der Waals surface area contributed by atoms with Crippen LogP contribution in [0.3, 0.4) is 0 Å². The van der Waals surface area contributed by atoms with Crippen molar-refractivity contribution < 1.29 is 32.2 Å². The lowest BCUT2D eigenvalue weighted by Gasteiger charge is -2.44. The molecule has 37 heavy (non-hydrogen) atoms. The van der Waals surface area contributed by atoms with Crippen LogP contribution in [-0.2, 0) is 30.8 Å². The summed E-state index contributed by atoms with van der Waals surface area (Å²) in [4.78, 5) is 15.6. The number of amides is 1. The molecule has 12 heteroatoms. The van der Waals surface area contributed by atoms with E-state index in [9.17, 15) is 22.7 Å². The Kier molecular flexibility index (Phi) is 5.90. The molecule has 2 aliphatic heterocycles. The van der Waals surface area contributed by atoms with Crippen LogP contribution in [0.2, 0.25) is 0 Å². The van der Waals surface area contributed by atoms with E-state index in [0.717, 1.165) is 36.2 Å². The number of benzene rings is 1. The van der Waals surface area contributed by atoms with Crippen molar-refractivity contribution in [2.75, 3.05) is 19.5 Å². The predicted octanol–water partition coefficient (Wildman–Crippen LogP) is 3.96. The van der Waals surface area contributed by atoms with Gasteiger partial charge in [-0.1, -0.05) is 12.1 Å². The number of hydrogen-bond donors (Lipinski definition) is 2. The number of sulfonamides is 1. The van der Waals surface area contributed by atoms with Gasteiger partial charge in [0.05, 0.1) is 0 Å². The summed E-state index contributed by atoms with van der Waals surface area (Å²) in [6, 6.07) is 5.75. The molecule has 2 aromatic rings. The standard InChI is InChI=1S/C25H26FN3O6S2/c1-34-25(35-2)16-11-36-23-21(16)37(32,33)28-22(27-23)18-20(30)17-13-5-6-14(9-13)19(17)29(24(18)31)10-12-3-7-15(26)8-4-12/h3-4,7-8,11,13-14,17,19,25,30H,5-6,9-10H2,1-2H3,(H,27,28)/t13-,14+,17+,19-/m0/s1. The molecule has 2 aliphatic carbocycles. The van der Waals surface area contributed by atoms with Crippen LogP contribution in [0.15, 0.2) is 50.3 Å². The first kappa shape index (κ1) is 24.5. The molecule has 196 valence electrons. The summed E-state index contributed by atoms with van der Waals surface area (Å²) < 4.78 is 54.6. The number of anilines is 1. The number of aliphatic hydroxyl groups is 1. The zero-order valence-electron chi connectivity index (χ0n) is 20.2. The molecule has 0 radical (unpaired) electrons. The van der Waals surface area contributed by atoms with Crippen LogP contribution in [0.25, 0.3) is 0 Å². The summed E-state index contributed by atoms with van der Waals surface area (Å²) in [5, 5.41) is 16.3. The summed E-state index contributed by atoms with van der Waals surface area (Å²) in [6.45, 7) is 0.220. The predicted molar refractivity (Wildman–Crippen MR) is 134 cm³/mol. The van der Waals surface area contributed by atoms with Crippen LogP contribution in [0, 0.1) is 23.6 Å². The van der Waals surface area contributed by atoms with E-state index >= 15 is 0 Å². The summed E-state index contributed by atoms with van der Waals surface area (Å²) in [5.41, 5.74) is 0.924. The molecular formula is C25H26FN3O6S2. The Morgan fingerprint density at radius 2 is 1.92 bits per heavy atom. The van der Waals surface area contributed by atoms with E-state index in [1.165, 1.54) is 26.4 Å². The van der Waals surface area contributed by atoms with E-state index < -0.39 is 22.2 Å². The first-order valence-corrected chi connectivity index (χ1v) is 14.3. The molecule has 2 saturated carbocycles. The Morgan fingerprint density at radius 3 is 2.62 bits per heavy atom. The third kappa shape index (κ3) is 3.80. The average molecular weight is 548 g/mol. The highest BCUT2D eigenvalue weighted by Gasteiger charge is 2.57. The number of rotatable bonds is 6. The Balaban J connectivity index is 1.42. The van der Waals surface area contributed by atoms with Gasteiger partial charge in [-0.2, -0.15) is 8.42 Å². The third-order valence-corrected chi connectivity index (χ3v) is 10.4. The Labute approximate surface area is 217 Å². The molecule has 0 spiro atoms. The lowest BCUT2D eigenvalue weighted by Crippen LogP contribution is -2.53. The minimum Gasteiger partial charge on any atom is -0.511 e. The van der Waals surface area contributed by atoms with Crippen molar-refractivity contribution in [2.24, 2.45) is 22.2 Å². The first-order chi connectivity index (χ1) is 17.7. The Morgan fingerprint density at radius 1 is 1.22 bits per heavy atom. The summed E-state index contributed by atoms with van der Waals surface area (Å²) in [6.07, 6.45) is 1.90. The summed E-state index contributed by atoms with van der Waals surface area (Å²) in [7, 11) is -1.43. The normalized spacial score (nSPS) is 27.8. The Bertz CT molecular complexity index is 1430. The number of thiophene rings is 1. The van der Waals surface area contributed by atoms with Crippen molar-refractivity contribution in [1.29, 1.82) is 0 Å². The van der Waals surface area contributed by atoms with Gasteiger partial charge in [-0.05, 0) is 48.8 Å². The number of nitrogens with zero attached hydrogens (tertiary/aromatic N) is 2. The van der Waals surface area contributed by atoms with Gasteiger partial charge in [-0.25, -0.2) is 4.39 Å². The molecule has 3 heterocycles. The highest BCUT2D eigenvalue weighted by atomic mass is 32.2.